The summed E-state index contributed by atoms with van der Waals surface area (Å²) < 4.78 is 5.00. The van der Waals surface area contributed by atoms with Crippen molar-refractivity contribution >= 4 is 17.6 Å². The van der Waals surface area contributed by atoms with Gasteiger partial charge in [-0.05, 0) is 31.7 Å². The molecule has 0 aromatic heterocycles. The number of unbranched alkanes of at least 4 members (excludes halogenated alkanes) is 2. The molecule has 0 amide bonds. The molecule has 0 spiro atoms. The Morgan fingerprint density at radius 2 is 1.95 bits per heavy atom. The van der Waals surface area contributed by atoms with Crippen LogP contribution in [0, 0.1) is 0 Å². The standard InChI is InChI=1S/C15H21ClO3/c1-2-19-14(17)15(18,11-7-4-8-12-16)13-9-5-3-6-10-13/h3,5-6,9-10,18H,2,4,7-8,11-12H2,1H3/t15-/m0/s1. The molecule has 0 aliphatic rings. The zero-order valence-corrected chi connectivity index (χ0v) is 12.0. The van der Waals surface area contributed by atoms with Gasteiger partial charge in [-0.2, -0.15) is 0 Å². The van der Waals surface area contributed by atoms with Crippen molar-refractivity contribution in [3.63, 3.8) is 0 Å². The molecule has 0 heterocycles. The Bertz CT molecular complexity index is 380. The molecule has 0 unspecified atom stereocenters. The number of ether oxygens (including phenoxy) is 1. The molecule has 1 atom stereocenters. The Kier molecular flexibility index (Phi) is 6.89. The van der Waals surface area contributed by atoms with Crippen molar-refractivity contribution in [2.24, 2.45) is 0 Å². The van der Waals surface area contributed by atoms with Gasteiger partial charge in [-0.1, -0.05) is 36.8 Å². The summed E-state index contributed by atoms with van der Waals surface area (Å²) in [5, 5.41) is 10.7. The van der Waals surface area contributed by atoms with Crippen molar-refractivity contribution in [2.45, 2.75) is 38.2 Å². The van der Waals surface area contributed by atoms with Crippen molar-refractivity contribution < 1.29 is 14.6 Å². The van der Waals surface area contributed by atoms with Crippen LogP contribution >= 0.6 is 11.6 Å². The fraction of sp³-hybridized carbons (Fsp3) is 0.533. The highest BCUT2D eigenvalue weighted by Crippen LogP contribution is 2.29. The summed E-state index contributed by atoms with van der Waals surface area (Å²) in [6.45, 7) is 1.99. The number of carbonyl (C=O) groups is 1. The highest BCUT2D eigenvalue weighted by Gasteiger charge is 2.38. The maximum atomic E-state index is 12.0. The van der Waals surface area contributed by atoms with Crippen LogP contribution < -0.4 is 0 Å². The summed E-state index contributed by atoms with van der Waals surface area (Å²) in [5.41, 5.74) is -0.969. The molecule has 0 bridgehead atoms. The first-order chi connectivity index (χ1) is 9.15. The number of hydrogen-bond acceptors (Lipinski definition) is 3. The number of carbonyl (C=O) groups excluding carboxylic acids is 1. The lowest BCUT2D eigenvalue weighted by Crippen LogP contribution is -2.37. The maximum absolute atomic E-state index is 12.0. The van der Waals surface area contributed by atoms with Crippen molar-refractivity contribution in [2.75, 3.05) is 12.5 Å². The van der Waals surface area contributed by atoms with E-state index < -0.39 is 11.6 Å². The van der Waals surface area contributed by atoms with Crippen molar-refractivity contribution in [3.8, 4) is 0 Å². The Morgan fingerprint density at radius 3 is 2.53 bits per heavy atom. The topological polar surface area (TPSA) is 46.5 Å². The minimum absolute atomic E-state index is 0.260. The van der Waals surface area contributed by atoms with E-state index >= 15 is 0 Å². The van der Waals surface area contributed by atoms with E-state index in [1.807, 2.05) is 6.07 Å². The Balaban J connectivity index is 2.81. The fourth-order valence-electron chi connectivity index (χ4n) is 1.98. The van der Waals surface area contributed by atoms with E-state index in [-0.39, 0.29) is 6.61 Å². The van der Waals surface area contributed by atoms with Crippen LogP contribution in [-0.4, -0.2) is 23.6 Å². The number of halogens is 1. The molecule has 0 saturated heterocycles. The Hall–Kier alpha value is -1.06. The van der Waals surface area contributed by atoms with E-state index in [2.05, 4.69) is 0 Å². The molecule has 1 N–H and O–H groups in total. The molecule has 1 aromatic carbocycles. The lowest BCUT2D eigenvalue weighted by Gasteiger charge is -2.26. The molecule has 0 fully saturated rings. The molecule has 4 heteroatoms. The van der Waals surface area contributed by atoms with E-state index in [0.29, 0.717) is 17.9 Å². The van der Waals surface area contributed by atoms with Gasteiger partial charge in [0.05, 0.1) is 6.61 Å². The van der Waals surface area contributed by atoms with Gasteiger partial charge in [0.2, 0.25) is 0 Å². The first kappa shape index (κ1) is 16.0. The number of hydrogen-bond donors (Lipinski definition) is 1. The summed E-state index contributed by atoms with van der Waals surface area (Å²) in [6, 6.07) is 8.95. The average molecular weight is 285 g/mol. The third-order valence-electron chi connectivity index (χ3n) is 3.04. The van der Waals surface area contributed by atoms with Gasteiger partial charge >= 0.3 is 5.97 Å². The molecule has 0 aliphatic carbocycles. The van der Waals surface area contributed by atoms with Crippen molar-refractivity contribution in [1.82, 2.24) is 0 Å². The predicted molar refractivity (Wildman–Crippen MR) is 76.2 cm³/mol. The van der Waals surface area contributed by atoms with E-state index in [1.54, 1.807) is 31.2 Å². The zero-order chi connectivity index (χ0) is 14.1. The highest BCUT2D eigenvalue weighted by atomic mass is 35.5. The van der Waals surface area contributed by atoms with Gasteiger partial charge in [0.1, 0.15) is 0 Å². The number of rotatable bonds is 8. The number of alkyl halides is 1. The molecule has 106 valence electrons. The summed E-state index contributed by atoms with van der Waals surface area (Å²) in [6.07, 6.45) is 2.86. The maximum Gasteiger partial charge on any atom is 0.342 e. The molecular weight excluding hydrogens is 264 g/mol. The first-order valence-electron chi connectivity index (χ1n) is 6.66. The van der Waals surface area contributed by atoms with E-state index in [9.17, 15) is 9.90 Å². The van der Waals surface area contributed by atoms with E-state index in [4.69, 9.17) is 16.3 Å². The number of benzene rings is 1. The summed E-state index contributed by atoms with van der Waals surface area (Å²) >= 11 is 5.63. The van der Waals surface area contributed by atoms with Gasteiger partial charge in [-0.25, -0.2) is 4.79 Å². The molecule has 1 aromatic rings. The van der Waals surface area contributed by atoms with Crippen LogP contribution in [0.25, 0.3) is 0 Å². The van der Waals surface area contributed by atoms with Gasteiger partial charge < -0.3 is 9.84 Å². The second-order valence-electron chi connectivity index (χ2n) is 4.45. The van der Waals surface area contributed by atoms with Crippen LogP contribution in [-0.2, 0) is 15.1 Å². The quantitative estimate of drug-likeness (QED) is 0.453. The molecular formula is C15H21ClO3. The normalized spacial score (nSPS) is 13.8. The van der Waals surface area contributed by atoms with Crippen LogP contribution in [0.15, 0.2) is 30.3 Å². The summed E-state index contributed by atoms with van der Waals surface area (Å²) in [7, 11) is 0. The van der Waals surface area contributed by atoms with E-state index in [1.165, 1.54) is 0 Å². The predicted octanol–water partition coefficient (Wildman–Crippen LogP) is 3.24. The summed E-state index contributed by atoms with van der Waals surface area (Å²) in [5.74, 6) is 0.0236. The van der Waals surface area contributed by atoms with Crippen LogP contribution in [0.2, 0.25) is 0 Å². The number of esters is 1. The fourth-order valence-corrected chi connectivity index (χ4v) is 2.17. The average Bonchev–Trinajstić information content (AvgIpc) is 2.44. The molecule has 3 nitrogen and oxygen atoms in total. The van der Waals surface area contributed by atoms with Crippen LogP contribution in [0.1, 0.15) is 38.2 Å². The van der Waals surface area contributed by atoms with E-state index in [0.717, 1.165) is 19.3 Å². The first-order valence-corrected chi connectivity index (χ1v) is 7.19. The van der Waals surface area contributed by atoms with Crippen LogP contribution in [0.3, 0.4) is 0 Å². The van der Waals surface area contributed by atoms with Crippen LogP contribution in [0.4, 0.5) is 0 Å². The SMILES string of the molecule is CCOC(=O)[C@](O)(CCCCCCl)c1ccccc1. The van der Waals surface area contributed by atoms with Gasteiger partial charge in [-0.3, -0.25) is 0 Å². The highest BCUT2D eigenvalue weighted by molar-refractivity contribution is 6.17. The second-order valence-corrected chi connectivity index (χ2v) is 4.82. The molecule has 1 rings (SSSR count). The van der Waals surface area contributed by atoms with Crippen molar-refractivity contribution in [3.05, 3.63) is 35.9 Å². The third-order valence-corrected chi connectivity index (χ3v) is 3.30. The molecule has 0 saturated carbocycles. The zero-order valence-electron chi connectivity index (χ0n) is 11.3. The second kappa shape index (κ2) is 8.18. The Labute approximate surface area is 119 Å². The molecule has 0 radical (unpaired) electrons. The Morgan fingerprint density at radius 1 is 1.26 bits per heavy atom. The van der Waals surface area contributed by atoms with Crippen LogP contribution in [0.5, 0.6) is 0 Å². The molecule has 0 aliphatic heterocycles. The minimum atomic E-state index is -1.55. The molecule has 19 heavy (non-hydrogen) atoms. The smallest absolute Gasteiger partial charge is 0.342 e. The summed E-state index contributed by atoms with van der Waals surface area (Å²) in [4.78, 5) is 12.0. The largest absolute Gasteiger partial charge is 0.464 e. The third kappa shape index (κ3) is 4.51. The van der Waals surface area contributed by atoms with Gasteiger partial charge in [0, 0.05) is 5.88 Å². The monoisotopic (exact) mass is 284 g/mol. The number of aliphatic hydroxyl groups is 1. The minimum Gasteiger partial charge on any atom is -0.464 e. The van der Waals surface area contributed by atoms with Gasteiger partial charge in [0.25, 0.3) is 0 Å². The van der Waals surface area contributed by atoms with Gasteiger partial charge in [0.15, 0.2) is 5.60 Å². The van der Waals surface area contributed by atoms with Gasteiger partial charge in [-0.15, -0.1) is 11.6 Å². The lowest BCUT2D eigenvalue weighted by atomic mass is 9.88. The lowest BCUT2D eigenvalue weighted by molar-refractivity contribution is -0.167. The van der Waals surface area contributed by atoms with Crippen molar-refractivity contribution in [1.29, 1.82) is 0 Å².